The van der Waals surface area contributed by atoms with E-state index in [1.807, 2.05) is 30.3 Å². The van der Waals surface area contributed by atoms with Crippen LogP contribution in [-0.2, 0) is 10.0 Å². The van der Waals surface area contributed by atoms with Crippen molar-refractivity contribution in [2.75, 3.05) is 6.61 Å². The first-order valence-corrected chi connectivity index (χ1v) is 10.2. The second-order valence-electron chi connectivity index (χ2n) is 6.80. The van der Waals surface area contributed by atoms with Crippen molar-refractivity contribution in [1.82, 2.24) is 4.31 Å². The largest absolute Gasteiger partial charge is 0.488 e. The van der Waals surface area contributed by atoms with Crippen molar-refractivity contribution in [3.05, 3.63) is 77.0 Å². The Hall–Kier alpha value is -2.86. The number of para-hydroxylation sites is 1. The number of hydrogen-bond donors (Lipinski definition) is 0. The molecule has 2 heterocycles. The molecule has 0 atom stereocenters. The van der Waals surface area contributed by atoms with Gasteiger partial charge in [-0.2, -0.15) is 0 Å². The Morgan fingerprint density at radius 2 is 1.78 bits per heavy atom. The molecule has 2 aromatic carbocycles. The van der Waals surface area contributed by atoms with Crippen molar-refractivity contribution in [1.29, 1.82) is 0 Å². The topological polar surface area (TPSA) is 63.7 Å². The molecule has 2 aliphatic heterocycles. The molecule has 0 unspecified atom stereocenters. The van der Waals surface area contributed by atoms with E-state index in [2.05, 4.69) is 0 Å². The van der Waals surface area contributed by atoms with E-state index in [0.29, 0.717) is 0 Å². The normalized spacial score (nSPS) is 19.4. The molecular formula is C21H19NO4S. The molecule has 0 aromatic heterocycles. The molecule has 2 aromatic rings. The zero-order chi connectivity index (χ0) is 19.2. The van der Waals surface area contributed by atoms with Gasteiger partial charge in [-0.1, -0.05) is 30.3 Å². The van der Waals surface area contributed by atoms with Gasteiger partial charge in [-0.05, 0) is 49.8 Å². The first-order valence-electron chi connectivity index (χ1n) is 8.72. The van der Waals surface area contributed by atoms with E-state index in [-0.39, 0.29) is 28.5 Å². The maximum Gasteiger partial charge on any atom is 0.265 e. The Labute approximate surface area is 158 Å². The first kappa shape index (κ1) is 17.5. The Morgan fingerprint density at radius 3 is 2.56 bits per heavy atom. The minimum Gasteiger partial charge on any atom is -0.488 e. The van der Waals surface area contributed by atoms with Crippen LogP contribution in [-0.4, -0.2) is 31.2 Å². The van der Waals surface area contributed by atoms with Crippen LogP contribution in [0, 0.1) is 0 Å². The van der Waals surface area contributed by atoms with Gasteiger partial charge in [0.1, 0.15) is 18.1 Å². The number of carbonyl (C=O) groups is 1. The molecular weight excluding hydrogens is 362 g/mol. The van der Waals surface area contributed by atoms with Crippen LogP contribution in [0.2, 0.25) is 0 Å². The zero-order valence-corrected chi connectivity index (χ0v) is 15.9. The average Bonchev–Trinajstić information content (AvgIpc) is 2.65. The molecule has 4 rings (SSSR count). The Balaban J connectivity index is 1.88. The number of allylic oxidation sites excluding steroid dienone is 1. The second-order valence-corrected chi connectivity index (χ2v) is 8.58. The fourth-order valence-corrected chi connectivity index (χ4v) is 5.28. The predicted molar refractivity (Wildman–Crippen MR) is 103 cm³/mol. The molecule has 0 fully saturated rings. The van der Waals surface area contributed by atoms with Crippen molar-refractivity contribution >= 4 is 21.9 Å². The molecule has 0 saturated carbocycles. The van der Waals surface area contributed by atoms with E-state index in [0.717, 1.165) is 16.9 Å². The summed E-state index contributed by atoms with van der Waals surface area (Å²) in [7, 11) is -3.80. The van der Waals surface area contributed by atoms with Gasteiger partial charge in [-0.25, -0.2) is 8.42 Å². The third-order valence-corrected chi connectivity index (χ3v) is 6.63. The minimum absolute atomic E-state index is 0.0556. The lowest BCUT2D eigenvalue weighted by Gasteiger charge is -2.34. The minimum atomic E-state index is -3.80. The third-order valence-electron chi connectivity index (χ3n) is 4.58. The molecule has 0 bridgehead atoms. The number of carbonyl (C=O) groups excluding carboxylic acids is 1. The molecule has 27 heavy (non-hydrogen) atoms. The zero-order valence-electron chi connectivity index (χ0n) is 15.0. The van der Waals surface area contributed by atoms with Crippen molar-refractivity contribution in [2.24, 2.45) is 0 Å². The summed E-state index contributed by atoms with van der Waals surface area (Å²) in [5, 5.41) is 0. The maximum atomic E-state index is 13.1. The number of sulfonamides is 1. The van der Waals surface area contributed by atoms with Crippen molar-refractivity contribution in [2.45, 2.75) is 24.8 Å². The van der Waals surface area contributed by atoms with E-state index in [9.17, 15) is 13.2 Å². The summed E-state index contributed by atoms with van der Waals surface area (Å²) in [6, 6.07) is 13.5. The van der Waals surface area contributed by atoms with Gasteiger partial charge in [0.2, 0.25) is 5.78 Å². The highest BCUT2D eigenvalue weighted by Crippen LogP contribution is 2.35. The summed E-state index contributed by atoms with van der Waals surface area (Å²) in [5.41, 5.74) is 2.01. The Kier molecular flexibility index (Phi) is 4.15. The van der Waals surface area contributed by atoms with Crippen molar-refractivity contribution < 1.29 is 17.9 Å². The van der Waals surface area contributed by atoms with Crippen LogP contribution < -0.4 is 4.74 Å². The lowest BCUT2D eigenvalue weighted by atomic mass is 10.0. The smallest absolute Gasteiger partial charge is 0.265 e. The number of ketones is 1. The summed E-state index contributed by atoms with van der Waals surface area (Å²) in [5.74, 6) is 0.474. The van der Waals surface area contributed by atoms with Gasteiger partial charge in [0.15, 0.2) is 0 Å². The van der Waals surface area contributed by atoms with Gasteiger partial charge >= 0.3 is 0 Å². The van der Waals surface area contributed by atoms with Crippen LogP contribution in [0.3, 0.4) is 0 Å². The second kappa shape index (κ2) is 6.39. The van der Waals surface area contributed by atoms with Gasteiger partial charge in [-0.3, -0.25) is 9.10 Å². The lowest BCUT2D eigenvalue weighted by molar-refractivity contribution is 0.0994. The SMILES string of the molecule is CC(C)N1C(=CC2=Cc3ccccc3OC2)C(=O)c2ccccc2S1(=O)=O. The molecule has 138 valence electrons. The van der Waals surface area contributed by atoms with Crippen LogP contribution in [0.4, 0.5) is 0 Å². The van der Waals surface area contributed by atoms with Crippen LogP contribution in [0.5, 0.6) is 5.75 Å². The molecule has 0 saturated heterocycles. The highest BCUT2D eigenvalue weighted by molar-refractivity contribution is 7.89. The summed E-state index contributed by atoms with van der Waals surface area (Å²) in [4.78, 5) is 13.2. The van der Waals surface area contributed by atoms with Crippen LogP contribution in [0.1, 0.15) is 29.8 Å². The van der Waals surface area contributed by atoms with Crippen LogP contribution >= 0.6 is 0 Å². The summed E-state index contributed by atoms with van der Waals surface area (Å²) in [6.07, 6.45) is 3.55. The van der Waals surface area contributed by atoms with Crippen LogP contribution in [0.15, 0.2) is 70.8 Å². The molecule has 0 spiro atoms. The quantitative estimate of drug-likeness (QED) is 0.745. The summed E-state index contributed by atoms with van der Waals surface area (Å²) >= 11 is 0. The van der Waals surface area contributed by atoms with E-state index in [4.69, 9.17) is 4.74 Å². The highest BCUT2D eigenvalue weighted by Gasteiger charge is 2.40. The molecule has 5 nitrogen and oxygen atoms in total. The molecule has 2 aliphatic rings. The molecule has 6 heteroatoms. The molecule has 0 amide bonds. The highest BCUT2D eigenvalue weighted by atomic mass is 32.2. The van der Waals surface area contributed by atoms with Gasteiger partial charge in [0.25, 0.3) is 10.0 Å². The lowest BCUT2D eigenvalue weighted by Crippen LogP contribution is -2.43. The summed E-state index contributed by atoms with van der Waals surface area (Å²) < 4.78 is 33.2. The number of benzene rings is 2. The standard InChI is InChI=1S/C21H19NO4S/c1-14(2)22-18(12-15-11-16-7-3-5-9-19(16)26-13-15)21(23)17-8-4-6-10-20(17)27(22,24)25/h3-12,14H,13H2,1-2H3. The average molecular weight is 381 g/mol. The number of fused-ring (bicyclic) bond motifs is 2. The first-order chi connectivity index (χ1) is 12.9. The number of hydrogen-bond acceptors (Lipinski definition) is 4. The summed E-state index contributed by atoms with van der Waals surface area (Å²) in [6.45, 7) is 3.79. The van der Waals surface area contributed by atoms with Gasteiger partial charge in [-0.15, -0.1) is 0 Å². The number of nitrogens with zero attached hydrogens (tertiary/aromatic N) is 1. The van der Waals surface area contributed by atoms with Crippen molar-refractivity contribution in [3.63, 3.8) is 0 Å². The van der Waals surface area contributed by atoms with Gasteiger partial charge < -0.3 is 4.74 Å². The van der Waals surface area contributed by atoms with E-state index >= 15 is 0 Å². The maximum absolute atomic E-state index is 13.1. The Bertz CT molecular complexity index is 1100. The predicted octanol–water partition coefficient (Wildman–Crippen LogP) is 3.64. The number of rotatable bonds is 2. The van der Waals surface area contributed by atoms with E-state index in [1.165, 1.54) is 10.4 Å². The van der Waals surface area contributed by atoms with Crippen LogP contribution in [0.25, 0.3) is 6.08 Å². The third kappa shape index (κ3) is 2.86. The van der Waals surface area contributed by atoms with E-state index < -0.39 is 16.1 Å². The van der Waals surface area contributed by atoms with Gasteiger partial charge in [0, 0.05) is 17.2 Å². The Morgan fingerprint density at radius 1 is 1.07 bits per heavy atom. The molecule has 0 radical (unpaired) electrons. The molecule has 0 aliphatic carbocycles. The van der Waals surface area contributed by atoms with E-state index in [1.54, 1.807) is 38.1 Å². The molecule has 0 N–H and O–H groups in total. The fourth-order valence-electron chi connectivity index (χ4n) is 3.43. The van der Waals surface area contributed by atoms with Gasteiger partial charge in [0.05, 0.1) is 4.90 Å². The monoisotopic (exact) mass is 381 g/mol. The fraction of sp³-hybridized carbons (Fsp3) is 0.190. The number of ether oxygens (including phenoxy) is 1. The number of Topliss-reactive ketones (excluding diaryl/α,β-unsaturated/α-hetero) is 1. The van der Waals surface area contributed by atoms with Crippen molar-refractivity contribution in [3.8, 4) is 5.75 Å².